The van der Waals surface area contributed by atoms with Crippen molar-refractivity contribution in [2.45, 2.75) is 25.9 Å². The summed E-state index contributed by atoms with van der Waals surface area (Å²) in [5.41, 5.74) is 1.83. The second-order valence-corrected chi connectivity index (χ2v) is 5.16. The summed E-state index contributed by atoms with van der Waals surface area (Å²) in [5, 5.41) is 3.31. The average Bonchev–Trinajstić information content (AvgIpc) is 3.13. The Balaban J connectivity index is 1.63. The van der Waals surface area contributed by atoms with Crippen molar-refractivity contribution in [3.63, 3.8) is 0 Å². The lowest BCUT2D eigenvalue weighted by Gasteiger charge is -2.19. The summed E-state index contributed by atoms with van der Waals surface area (Å²) in [4.78, 5) is 2.13. The fourth-order valence-corrected chi connectivity index (χ4v) is 2.61. The molecule has 0 atom stereocenters. The molecule has 1 aliphatic heterocycles. The van der Waals surface area contributed by atoms with Crippen molar-refractivity contribution in [2.24, 2.45) is 0 Å². The van der Waals surface area contributed by atoms with Gasteiger partial charge < -0.3 is 14.6 Å². The minimum absolute atomic E-state index is 0.123. The number of furan rings is 1. The van der Waals surface area contributed by atoms with Gasteiger partial charge in [0.05, 0.1) is 18.5 Å². The van der Waals surface area contributed by atoms with Crippen LogP contribution in [0, 0.1) is 5.82 Å². The van der Waals surface area contributed by atoms with Crippen LogP contribution in [0.1, 0.15) is 24.2 Å². The Hall–Kier alpha value is -1.81. The van der Waals surface area contributed by atoms with Gasteiger partial charge in [-0.15, -0.1) is 0 Å². The van der Waals surface area contributed by atoms with Crippen molar-refractivity contribution in [3.8, 4) is 0 Å². The van der Waals surface area contributed by atoms with Gasteiger partial charge in [0.1, 0.15) is 11.6 Å². The van der Waals surface area contributed by atoms with E-state index in [-0.39, 0.29) is 5.82 Å². The molecule has 3 rings (SSSR count). The van der Waals surface area contributed by atoms with Crippen LogP contribution in [-0.2, 0) is 13.1 Å². The zero-order valence-corrected chi connectivity index (χ0v) is 11.4. The number of nitrogens with one attached hydrogen (secondary N) is 1. The molecular weight excluding hydrogens is 255 g/mol. The normalized spacial score (nSPS) is 14.9. The highest BCUT2D eigenvalue weighted by Gasteiger charge is 2.16. The van der Waals surface area contributed by atoms with Crippen LogP contribution in [0.2, 0.25) is 0 Å². The lowest BCUT2D eigenvalue weighted by Crippen LogP contribution is -2.20. The van der Waals surface area contributed by atoms with Crippen molar-refractivity contribution in [2.75, 3.05) is 18.0 Å². The zero-order valence-electron chi connectivity index (χ0n) is 11.4. The molecule has 106 valence electrons. The number of anilines is 1. The van der Waals surface area contributed by atoms with Gasteiger partial charge in [0.2, 0.25) is 0 Å². The van der Waals surface area contributed by atoms with Crippen LogP contribution in [0.5, 0.6) is 0 Å². The first-order valence-electron chi connectivity index (χ1n) is 7.09. The summed E-state index contributed by atoms with van der Waals surface area (Å²) in [6.45, 7) is 3.31. The molecule has 1 aliphatic rings. The Morgan fingerprint density at radius 1 is 1.15 bits per heavy atom. The minimum Gasteiger partial charge on any atom is -0.468 e. The van der Waals surface area contributed by atoms with Crippen LogP contribution in [0.15, 0.2) is 41.0 Å². The Bertz CT molecular complexity index is 548. The maximum Gasteiger partial charge on any atom is 0.146 e. The number of benzene rings is 1. The highest BCUT2D eigenvalue weighted by atomic mass is 19.1. The minimum atomic E-state index is -0.123. The molecule has 0 saturated carbocycles. The third-order valence-electron chi connectivity index (χ3n) is 3.67. The van der Waals surface area contributed by atoms with Gasteiger partial charge in [-0.2, -0.15) is 0 Å². The Morgan fingerprint density at radius 3 is 2.75 bits per heavy atom. The van der Waals surface area contributed by atoms with Gasteiger partial charge in [0.25, 0.3) is 0 Å². The van der Waals surface area contributed by atoms with Gasteiger partial charge >= 0.3 is 0 Å². The van der Waals surface area contributed by atoms with E-state index < -0.39 is 0 Å². The van der Waals surface area contributed by atoms with Crippen molar-refractivity contribution in [3.05, 3.63) is 53.7 Å². The van der Waals surface area contributed by atoms with E-state index >= 15 is 0 Å². The molecule has 1 N–H and O–H groups in total. The monoisotopic (exact) mass is 274 g/mol. The first-order valence-corrected chi connectivity index (χ1v) is 7.09. The van der Waals surface area contributed by atoms with Gasteiger partial charge in [-0.1, -0.05) is 6.07 Å². The molecule has 0 amide bonds. The van der Waals surface area contributed by atoms with Gasteiger partial charge in [0, 0.05) is 19.6 Å². The molecule has 2 heterocycles. The van der Waals surface area contributed by atoms with Crippen molar-refractivity contribution in [1.82, 2.24) is 5.32 Å². The number of nitrogens with zero attached hydrogens (tertiary/aromatic N) is 1. The average molecular weight is 274 g/mol. The van der Waals surface area contributed by atoms with Gasteiger partial charge in [-0.25, -0.2) is 4.39 Å². The summed E-state index contributed by atoms with van der Waals surface area (Å²) in [6.07, 6.45) is 3.97. The third kappa shape index (κ3) is 3.02. The molecule has 1 aromatic heterocycles. The zero-order chi connectivity index (χ0) is 13.8. The molecule has 0 radical (unpaired) electrons. The Labute approximate surface area is 118 Å². The predicted octanol–water partition coefficient (Wildman–Crippen LogP) is 3.31. The standard InChI is InChI=1S/C16H19FN2O/c17-15-6-5-13(10-16(15)19-7-1-2-8-19)11-18-12-14-4-3-9-20-14/h3-6,9-10,18H,1-2,7-8,11-12H2. The topological polar surface area (TPSA) is 28.4 Å². The maximum atomic E-state index is 13.9. The molecule has 1 aromatic carbocycles. The maximum absolute atomic E-state index is 13.9. The fraction of sp³-hybridized carbons (Fsp3) is 0.375. The van der Waals surface area contributed by atoms with E-state index in [1.54, 1.807) is 12.3 Å². The first-order chi connectivity index (χ1) is 9.83. The van der Waals surface area contributed by atoms with E-state index in [1.807, 2.05) is 24.3 Å². The van der Waals surface area contributed by atoms with Crippen LogP contribution in [0.3, 0.4) is 0 Å². The molecule has 1 fully saturated rings. The van der Waals surface area contributed by atoms with Crippen LogP contribution < -0.4 is 10.2 Å². The second-order valence-electron chi connectivity index (χ2n) is 5.16. The summed E-state index contributed by atoms with van der Waals surface area (Å²) < 4.78 is 19.2. The van der Waals surface area contributed by atoms with Gasteiger partial charge in [-0.05, 0) is 42.7 Å². The van der Waals surface area contributed by atoms with E-state index in [0.717, 1.165) is 42.9 Å². The Morgan fingerprint density at radius 2 is 2.00 bits per heavy atom. The summed E-state index contributed by atoms with van der Waals surface area (Å²) in [5.74, 6) is 0.786. The quantitative estimate of drug-likeness (QED) is 0.906. The Kier molecular flexibility index (Phi) is 4.02. The number of halogens is 1. The second kappa shape index (κ2) is 6.09. The van der Waals surface area contributed by atoms with E-state index in [2.05, 4.69) is 10.2 Å². The lowest BCUT2D eigenvalue weighted by atomic mass is 10.1. The smallest absolute Gasteiger partial charge is 0.146 e. The van der Waals surface area contributed by atoms with Crippen LogP contribution in [0.4, 0.5) is 10.1 Å². The number of hydrogen-bond donors (Lipinski definition) is 1. The van der Waals surface area contributed by atoms with E-state index in [9.17, 15) is 4.39 Å². The SMILES string of the molecule is Fc1ccc(CNCc2ccco2)cc1N1CCCC1. The van der Waals surface area contributed by atoms with Crippen molar-refractivity contribution < 1.29 is 8.81 Å². The summed E-state index contributed by atoms with van der Waals surface area (Å²) in [7, 11) is 0. The fourth-order valence-electron chi connectivity index (χ4n) is 2.61. The molecule has 0 aliphatic carbocycles. The van der Waals surface area contributed by atoms with Crippen LogP contribution in [-0.4, -0.2) is 13.1 Å². The molecule has 0 bridgehead atoms. The third-order valence-corrected chi connectivity index (χ3v) is 3.67. The molecule has 4 heteroatoms. The lowest BCUT2D eigenvalue weighted by molar-refractivity contribution is 0.483. The molecule has 3 nitrogen and oxygen atoms in total. The van der Waals surface area contributed by atoms with Crippen molar-refractivity contribution >= 4 is 5.69 Å². The molecule has 0 unspecified atom stereocenters. The predicted molar refractivity (Wildman–Crippen MR) is 77.1 cm³/mol. The molecular formula is C16H19FN2O. The number of rotatable bonds is 5. The van der Waals surface area contributed by atoms with Crippen LogP contribution in [0.25, 0.3) is 0 Å². The van der Waals surface area contributed by atoms with Gasteiger partial charge in [-0.3, -0.25) is 0 Å². The van der Waals surface area contributed by atoms with Crippen molar-refractivity contribution in [1.29, 1.82) is 0 Å². The van der Waals surface area contributed by atoms with E-state index in [0.29, 0.717) is 13.1 Å². The number of hydrogen-bond acceptors (Lipinski definition) is 3. The highest BCUT2D eigenvalue weighted by molar-refractivity contribution is 5.50. The van der Waals surface area contributed by atoms with Gasteiger partial charge in [0.15, 0.2) is 0 Å². The first kappa shape index (κ1) is 13.2. The summed E-state index contributed by atoms with van der Waals surface area (Å²) >= 11 is 0. The van der Waals surface area contributed by atoms with E-state index in [1.165, 1.54) is 0 Å². The largest absolute Gasteiger partial charge is 0.468 e. The molecule has 2 aromatic rings. The molecule has 0 spiro atoms. The summed E-state index contributed by atoms with van der Waals surface area (Å²) in [6, 6.07) is 9.17. The van der Waals surface area contributed by atoms with Crippen LogP contribution >= 0.6 is 0 Å². The molecule has 1 saturated heterocycles. The highest BCUT2D eigenvalue weighted by Crippen LogP contribution is 2.24. The van der Waals surface area contributed by atoms with E-state index in [4.69, 9.17) is 4.42 Å². The molecule has 20 heavy (non-hydrogen) atoms.